The number of nitrogens with zero attached hydrogens (tertiary/aromatic N) is 4. The van der Waals surface area contributed by atoms with Gasteiger partial charge in [-0.05, 0) is 6.07 Å². The summed E-state index contributed by atoms with van der Waals surface area (Å²) in [5.41, 5.74) is 5.65. The molecule has 19 heavy (non-hydrogen) atoms. The Morgan fingerprint density at radius 3 is 2.79 bits per heavy atom. The minimum absolute atomic E-state index is 0.165. The zero-order valence-electron chi connectivity index (χ0n) is 11.1. The fourth-order valence-corrected chi connectivity index (χ4v) is 2.04. The first kappa shape index (κ1) is 13.5. The third-order valence-electron chi connectivity index (χ3n) is 3.18. The van der Waals surface area contributed by atoms with Crippen molar-refractivity contribution in [2.45, 2.75) is 6.42 Å². The number of aromatic nitrogens is 2. The Morgan fingerprint density at radius 2 is 2.16 bits per heavy atom. The molecular weight excluding hydrogens is 246 g/mol. The molecule has 0 aliphatic carbocycles. The Kier molecular flexibility index (Phi) is 4.51. The summed E-state index contributed by atoms with van der Waals surface area (Å²) in [6.45, 7) is 4.18. The van der Waals surface area contributed by atoms with Gasteiger partial charge in [-0.15, -0.1) is 0 Å². The van der Waals surface area contributed by atoms with Gasteiger partial charge < -0.3 is 15.4 Å². The van der Waals surface area contributed by atoms with Crippen molar-refractivity contribution in [1.29, 1.82) is 0 Å². The van der Waals surface area contributed by atoms with Gasteiger partial charge in [-0.2, -0.15) is 4.98 Å². The summed E-state index contributed by atoms with van der Waals surface area (Å²) in [6.07, 6.45) is 2.10. The molecule has 1 aromatic heterocycles. The van der Waals surface area contributed by atoms with Crippen LogP contribution in [0.25, 0.3) is 0 Å². The van der Waals surface area contributed by atoms with Crippen LogP contribution >= 0.6 is 0 Å². The summed E-state index contributed by atoms with van der Waals surface area (Å²) in [6, 6.07) is 1.68. The molecular formula is C12H19N5O2. The number of methoxy groups -OCH3 is 1. The van der Waals surface area contributed by atoms with Crippen LogP contribution in [-0.4, -0.2) is 60.7 Å². The number of hydrogen-bond acceptors (Lipinski definition) is 7. The van der Waals surface area contributed by atoms with E-state index in [0.717, 1.165) is 32.7 Å². The van der Waals surface area contributed by atoms with Crippen molar-refractivity contribution in [3.63, 3.8) is 0 Å². The molecule has 2 N–H and O–H groups in total. The standard InChI is InChI=1S/C12H19N5O2/c1-19-11(18)3-5-16-6-8-17(9-7-16)12-14-4-2-10(13)15-12/h2,4H,3,5-9H2,1H3,(H2,13,14,15). The van der Waals surface area contributed by atoms with E-state index in [2.05, 4.69) is 24.5 Å². The number of hydrogen-bond donors (Lipinski definition) is 1. The molecule has 1 saturated heterocycles. The van der Waals surface area contributed by atoms with Crippen LogP contribution in [0.3, 0.4) is 0 Å². The van der Waals surface area contributed by atoms with E-state index in [0.29, 0.717) is 18.2 Å². The van der Waals surface area contributed by atoms with Crippen LogP contribution in [0.2, 0.25) is 0 Å². The van der Waals surface area contributed by atoms with Gasteiger partial charge in [0.25, 0.3) is 0 Å². The van der Waals surface area contributed by atoms with Crippen molar-refractivity contribution in [3.8, 4) is 0 Å². The summed E-state index contributed by atoms with van der Waals surface area (Å²) in [4.78, 5) is 23.8. The largest absolute Gasteiger partial charge is 0.469 e. The molecule has 2 heterocycles. The minimum Gasteiger partial charge on any atom is -0.469 e. The third-order valence-corrected chi connectivity index (χ3v) is 3.18. The molecule has 7 heteroatoms. The molecule has 1 aromatic rings. The topological polar surface area (TPSA) is 84.6 Å². The lowest BCUT2D eigenvalue weighted by Crippen LogP contribution is -2.47. The van der Waals surface area contributed by atoms with Crippen molar-refractivity contribution < 1.29 is 9.53 Å². The molecule has 7 nitrogen and oxygen atoms in total. The molecule has 0 unspecified atom stereocenters. The van der Waals surface area contributed by atoms with Crippen LogP contribution in [0.4, 0.5) is 11.8 Å². The first-order valence-corrected chi connectivity index (χ1v) is 6.31. The van der Waals surface area contributed by atoms with Crippen LogP contribution in [-0.2, 0) is 9.53 Å². The molecule has 0 atom stereocenters. The number of carbonyl (C=O) groups excluding carboxylic acids is 1. The number of anilines is 2. The molecule has 0 saturated carbocycles. The highest BCUT2D eigenvalue weighted by molar-refractivity contribution is 5.69. The van der Waals surface area contributed by atoms with E-state index in [4.69, 9.17) is 5.73 Å². The summed E-state index contributed by atoms with van der Waals surface area (Å²) < 4.78 is 4.63. The van der Waals surface area contributed by atoms with Crippen molar-refractivity contribution >= 4 is 17.7 Å². The Balaban J connectivity index is 1.81. The van der Waals surface area contributed by atoms with Crippen molar-refractivity contribution in [3.05, 3.63) is 12.3 Å². The third kappa shape index (κ3) is 3.78. The van der Waals surface area contributed by atoms with Gasteiger partial charge in [0.15, 0.2) is 0 Å². The summed E-state index contributed by atoms with van der Waals surface area (Å²) in [7, 11) is 1.41. The Labute approximate surface area is 112 Å². The second-order valence-electron chi connectivity index (χ2n) is 4.44. The fraction of sp³-hybridized carbons (Fsp3) is 0.583. The smallest absolute Gasteiger partial charge is 0.306 e. The number of carbonyl (C=O) groups is 1. The van der Waals surface area contributed by atoms with Crippen LogP contribution in [0.15, 0.2) is 12.3 Å². The summed E-state index contributed by atoms with van der Waals surface area (Å²) in [5.74, 6) is 0.993. The quantitative estimate of drug-likeness (QED) is 0.751. The van der Waals surface area contributed by atoms with Crippen molar-refractivity contribution in [2.24, 2.45) is 0 Å². The van der Waals surface area contributed by atoms with Gasteiger partial charge in [0.05, 0.1) is 13.5 Å². The molecule has 104 valence electrons. The Morgan fingerprint density at radius 1 is 1.42 bits per heavy atom. The van der Waals surface area contributed by atoms with E-state index in [-0.39, 0.29) is 5.97 Å². The Hall–Kier alpha value is -1.89. The molecule has 1 aliphatic heterocycles. The van der Waals surface area contributed by atoms with Gasteiger partial charge in [-0.25, -0.2) is 4.98 Å². The number of piperazine rings is 1. The van der Waals surface area contributed by atoms with Gasteiger partial charge >= 0.3 is 5.97 Å². The lowest BCUT2D eigenvalue weighted by molar-refractivity contribution is -0.141. The molecule has 0 radical (unpaired) electrons. The SMILES string of the molecule is COC(=O)CCN1CCN(c2nccc(N)n2)CC1. The number of ether oxygens (including phenoxy) is 1. The first-order chi connectivity index (χ1) is 9.19. The maximum Gasteiger partial charge on any atom is 0.306 e. The summed E-state index contributed by atoms with van der Waals surface area (Å²) >= 11 is 0. The van der Waals surface area contributed by atoms with Gasteiger partial charge in [0.1, 0.15) is 5.82 Å². The molecule has 2 rings (SSSR count). The molecule has 0 spiro atoms. The molecule has 1 fully saturated rings. The van der Waals surface area contributed by atoms with E-state index >= 15 is 0 Å². The van der Waals surface area contributed by atoms with Gasteiger partial charge in [-0.3, -0.25) is 9.69 Å². The minimum atomic E-state index is -0.165. The highest BCUT2D eigenvalue weighted by Gasteiger charge is 2.19. The number of nitrogen functional groups attached to an aromatic ring is 1. The maximum absolute atomic E-state index is 11.1. The van der Waals surface area contributed by atoms with E-state index < -0.39 is 0 Å². The normalized spacial score (nSPS) is 16.4. The maximum atomic E-state index is 11.1. The average Bonchev–Trinajstić information content (AvgIpc) is 2.45. The zero-order valence-corrected chi connectivity index (χ0v) is 11.1. The van der Waals surface area contributed by atoms with E-state index in [1.54, 1.807) is 12.3 Å². The number of esters is 1. The van der Waals surface area contributed by atoms with Crippen molar-refractivity contribution in [1.82, 2.24) is 14.9 Å². The van der Waals surface area contributed by atoms with Gasteiger partial charge in [0.2, 0.25) is 5.95 Å². The second-order valence-corrected chi connectivity index (χ2v) is 4.44. The molecule has 0 amide bonds. The van der Waals surface area contributed by atoms with Crippen LogP contribution < -0.4 is 10.6 Å². The molecule has 0 aromatic carbocycles. The van der Waals surface area contributed by atoms with Crippen LogP contribution in [0, 0.1) is 0 Å². The average molecular weight is 265 g/mol. The predicted octanol–water partition coefficient (Wildman–Crippen LogP) is -0.256. The Bertz CT molecular complexity index is 432. The predicted molar refractivity (Wildman–Crippen MR) is 71.7 cm³/mol. The fourth-order valence-electron chi connectivity index (χ4n) is 2.04. The highest BCUT2D eigenvalue weighted by atomic mass is 16.5. The van der Waals surface area contributed by atoms with E-state index in [1.807, 2.05) is 0 Å². The van der Waals surface area contributed by atoms with Crippen LogP contribution in [0.1, 0.15) is 6.42 Å². The zero-order chi connectivity index (χ0) is 13.7. The molecule has 1 aliphatic rings. The van der Waals surface area contributed by atoms with E-state index in [1.165, 1.54) is 7.11 Å². The van der Waals surface area contributed by atoms with Crippen molar-refractivity contribution in [2.75, 3.05) is 50.5 Å². The lowest BCUT2D eigenvalue weighted by atomic mass is 10.3. The van der Waals surface area contributed by atoms with Gasteiger partial charge in [0, 0.05) is 38.9 Å². The lowest BCUT2D eigenvalue weighted by Gasteiger charge is -2.34. The number of nitrogens with two attached hydrogens (primary N) is 1. The molecule has 0 bridgehead atoms. The summed E-state index contributed by atoms with van der Waals surface area (Å²) in [5, 5.41) is 0. The number of rotatable bonds is 4. The highest BCUT2D eigenvalue weighted by Crippen LogP contribution is 2.12. The van der Waals surface area contributed by atoms with Gasteiger partial charge in [-0.1, -0.05) is 0 Å². The first-order valence-electron chi connectivity index (χ1n) is 6.31. The second kappa shape index (κ2) is 6.33. The van der Waals surface area contributed by atoms with E-state index in [9.17, 15) is 4.79 Å². The van der Waals surface area contributed by atoms with Crippen LogP contribution in [0.5, 0.6) is 0 Å². The monoisotopic (exact) mass is 265 g/mol.